The molecule has 0 bridgehead atoms. The molecule has 3 rings (SSSR count). The number of hydrogen-bond acceptors (Lipinski definition) is 5. The summed E-state index contributed by atoms with van der Waals surface area (Å²) in [6.45, 7) is 6.88. The van der Waals surface area contributed by atoms with Gasteiger partial charge in [-0.1, -0.05) is 5.21 Å². The van der Waals surface area contributed by atoms with Gasteiger partial charge in [0.25, 0.3) is 0 Å². The number of aromatic nitrogens is 5. The predicted octanol–water partition coefficient (Wildman–Crippen LogP) is 0.610. The van der Waals surface area contributed by atoms with Crippen molar-refractivity contribution in [1.29, 1.82) is 0 Å². The van der Waals surface area contributed by atoms with E-state index in [4.69, 9.17) is 4.74 Å². The summed E-state index contributed by atoms with van der Waals surface area (Å²) in [6.07, 6.45) is 4.25. The van der Waals surface area contributed by atoms with E-state index in [0.717, 1.165) is 31.1 Å². The number of ether oxygens (including phenoxy) is 1. The minimum Gasteiger partial charge on any atom is -0.373 e. The van der Waals surface area contributed by atoms with Crippen LogP contribution in [0, 0.1) is 0 Å². The lowest BCUT2D eigenvalue weighted by molar-refractivity contribution is -0.0707. The van der Waals surface area contributed by atoms with Gasteiger partial charge in [-0.15, -0.1) is 5.10 Å². The van der Waals surface area contributed by atoms with Gasteiger partial charge in [-0.3, -0.25) is 9.58 Å². The highest BCUT2D eigenvalue weighted by atomic mass is 16.5. The molecule has 0 radical (unpaired) electrons. The van der Waals surface area contributed by atoms with Crippen molar-refractivity contribution in [2.24, 2.45) is 7.05 Å². The van der Waals surface area contributed by atoms with E-state index in [1.54, 1.807) is 15.6 Å². The summed E-state index contributed by atoms with van der Waals surface area (Å²) in [6, 6.07) is 1.91. The second-order valence-electron chi connectivity index (χ2n) is 5.42. The lowest BCUT2D eigenvalue weighted by Crippen LogP contribution is -2.44. The van der Waals surface area contributed by atoms with Gasteiger partial charge in [0.05, 0.1) is 30.3 Å². The fourth-order valence-corrected chi connectivity index (χ4v) is 2.72. The van der Waals surface area contributed by atoms with Crippen LogP contribution in [0.5, 0.6) is 0 Å². The molecule has 0 N–H and O–H groups in total. The van der Waals surface area contributed by atoms with Crippen molar-refractivity contribution in [2.75, 3.05) is 13.1 Å². The van der Waals surface area contributed by atoms with Crippen molar-refractivity contribution in [3.63, 3.8) is 0 Å². The Kier molecular flexibility index (Phi) is 3.54. The van der Waals surface area contributed by atoms with E-state index in [-0.39, 0.29) is 12.2 Å². The topological polar surface area (TPSA) is 61.0 Å². The summed E-state index contributed by atoms with van der Waals surface area (Å²) < 4.78 is 9.27. The zero-order valence-corrected chi connectivity index (χ0v) is 12.1. The van der Waals surface area contributed by atoms with Crippen LogP contribution in [0.15, 0.2) is 18.5 Å². The maximum Gasteiger partial charge on any atom is 0.153 e. The summed E-state index contributed by atoms with van der Waals surface area (Å²) in [5, 5.41) is 12.6. The van der Waals surface area contributed by atoms with Crippen LogP contribution in [0.1, 0.15) is 19.5 Å². The first-order valence-electron chi connectivity index (χ1n) is 6.89. The van der Waals surface area contributed by atoms with Crippen LogP contribution in [0.3, 0.4) is 0 Å². The first kappa shape index (κ1) is 13.3. The van der Waals surface area contributed by atoms with Gasteiger partial charge in [0.15, 0.2) is 5.82 Å². The lowest BCUT2D eigenvalue weighted by atomic mass is 10.2. The van der Waals surface area contributed by atoms with Crippen LogP contribution >= 0.6 is 0 Å². The maximum atomic E-state index is 5.74. The Hall–Kier alpha value is -1.73. The zero-order chi connectivity index (χ0) is 14.1. The number of nitrogens with zero attached hydrogens (tertiary/aromatic N) is 6. The van der Waals surface area contributed by atoms with Gasteiger partial charge in [-0.2, -0.15) is 5.10 Å². The molecule has 2 aromatic heterocycles. The molecule has 2 atom stereocenters. The lowest BCUT2D eigenvalue weighted by Gasteiger charge is -2.34. The SMILES string of the molecule is C[C@@H]1CN(Cc2cn(-c3ccnn3C)nn2)C[C@H](C)O1. The van der Waals surface area contributed by atoms with Crippen LogP contribution in [-0.2, 0) is 18.3 Å². The number of aryl methyl sites for hydroxylation is 1. The predicted molar refractivity (Wildman–Crippen MR) is 73.4 cm³/mol. The highest BCUT2D eigenvalue weighted by molar-refractivity contribution is 5.19. The average molecular weight is 276 g/mol. The molecule has 2 aromatic rings. The van der Waals surface area contributed by atoms with Crippen molar-refractivity contribution in [3.05, 3.63) is 24.2 Å². The molecule has 108 valence electrons. The van der Waals surface area contributed by atoms with Crippen LogP contribution < -0.4 is 0 Å². The molecule has 7 nitrogen and oxygen atoms in total. The number of rotatable bonds is 3. The quantitative estimate of drug-likeness (QED) is 0.822. The molecule has 0 amide bonds. The average Bonchev–Trinajstić information content (AvgIpc) is 2.96. The van der Waals surface area contributed by atoms with Gasteiger partial charge in [0.2, 0.25) is 0 Å². The molecule has 1 saturated heterocycles. The first-order chi connectivity index (χ1) is 9.61. The molecule has 7 heteroatoms. The van der Waals surface area contributed by atoms with Gasteiger partial charge in [-0.25, -0.2) is 4.68 Å². The van der Waals surface area contributed by atoms with Gasteiger partial charge < -0.3 is 4.74 Å². The Balaban J connectivity index is 1.70. The molecule has 0 aliphatic carbocycles. The fourth-order valence-electron chi connectivity index (χ4n) is 2.72. The molecule has 3 heterocycles. The van der Waals surface area contributed by atoms with E-state index in [1.165, 1.54) is 0 Å². The van der Waals surface area contributed by atoms with E-state index in [1.807, 2.05) is 19.3 Å². The van der Waals surface area contributed by atoms with Crippen molar-refractivity contribution >= 4 is 0 Å². The Labute approximate surface area is 118 Å². The smallest absolute Gasteiger partial charge is 0.153 e. The van der Waals surface area contributed by atoms with E-state index < -0.39 is 0 Å². The maximum absolute atomic E-state index is 5.74. The standard InChI is InChI=1S/C13H20N6O/c1-10-6-18(7-11(2)20-10)8-12-9-19(16-15-12)13-4-5-14-17(13)3/h4-5,9-11H,6-8H2,1-3H3/t10-,11+. The van der Waals surface area contributed by atoms with Gasteiger partial charge in [-0.05, 0) is 13.8 Å². The molecule has 1 aliphatic heterocycles. The van der Waals surface area contributed by atoms with Crippen LogP contribution in [0.25, 0.3) is 5.82 Å². The van der Waals surface area contributed by atoms with Crippen molar-refractivity contribution in [2.45, 2.75) is 32.6 Å². The molecule has 0 aromatic carbocycles. The normalized spacial score (nSPS) is 24.1. The summed E-state index contributed by atoms with van der Waals surface area (Å²) >= 11 is 0. The minimum absolute atomic E-state index is 0.269. The summed E-state index contributed by atoms with van der Waals surface area (Å²) in [5.74, 6) is 0.910. The van der Waals surface area contributed by atoms with Gasteiger partial charge in [0, 0.05) is 32.7 Å². The third kappa shape index (κ3) is 2.73. The Morgan fingerprint density at radius 2 is 2.05 bits per heavy atom. The molecule has 20 heavy (non-hydrogen) atoms. The summed E-state index contributed by atoms with van der Waals surface area (Å²) in [5.41, 5.74) is 0.965. The molecule has 0 unspecified atom stereocenters. The number of morpholine rings is 1. The highest BCUT2D eigenvalue weighted by Crippen LogP contribution is 2.13. The Bertz CT molecular complexity index is 567. The van der Waals surface area contributed by atoms with Crippen molar-refractivity contribution < 1.29 is 4.74 Å². The second kappa shape index (κ2) is 5.34. The van der Waals surface area contributed by atoms with E-state index in [0.29, 0.717) is 0 Å². The monoisotopic (exact) mass is 276 g/mol. The van der Waals surface area contributed by atoms with Crippen LogP contribution in [-0.4, -0.2) is 55.0 Å². The first-order valence-corrected chi connectivity index (χ1v) is 6.89. The Morgan fingerprint density at radius 1 is 1.30 bits per heavy atom. The summed E-state index contributed by atoms with van der Waals surface area (Å²) in [4.78, 5) is 2.36. The van der Waals surface area contributed by atoms with E-state index in [2.05, 4.69) is 34.2 Å². The summed E-state index contributed by atoms with van der Waals surface area (Å²) in [7, 11) is 1.89. The molecular weight excluding hydrogens is 256 g/mol. The van der Waals surface area contributed by atoms with E-state index in [9.17, 15) is 0 Å². The van der Waals surface area contributed by atoms with Gasteiger partial charge >= 0.3 is 0 Å². The fraction of sp³-hybridized carbons (Fsp3) is 0.615. The largest absolute Gasteiger partial charge is 0.373 e. The van der Waals surface area contributed by atoms with E-state index >= 15 is 0 Å². The van der Waals surface area contributed by atoms with Crippen LogP contribution in [0.4, 0.5) is 0 Å². The highest BCUT2D eigenvalue weighted by Gasteiger charge is 2.22. The molecular formula is C13H20N6O. The Morgan fingerprint density at radius 3 is 2.70 bits per heavy atom. The molecule has 0 spiro atoms. The van der Waals surface area contributed by atoms with Gasteiger partial charge in [0.1, 0.15) is 0 Å². The molecule has 1 aliphatic rings. The van der Waals surface area contributed by atoms with Crippen molar-refractivity contribution in [3.8, 4) is 5.82 Å². The third-order valence-electron chi connectivity index (χ3n) is 3.45. The number of hydrogen-bond donors (Lipinski definition) is 0. The zero-order valence-electron chi connectivity index (χ0n) is 12.1. The van der Waals surface area contributed by atoms with Crippen molar-refractivity contribution in [1.82, 2.24) is 29.7 Å². The molecule has 0 saturated carbocycles. The second-order valence-corrected chi connectivity index (χ2v) is 5.42. The van der Waals surface area contributed by atoms with Crippen LogP contribution in [0.2, 0.25) is 0 Å². The molecule has 1 fully saturated rings. The third-order valence-corrected chi connectivity index (χ3v) is 3.45. The minimum atomic E-state index is 0.269.